The van der Waals surface area contributed by atoms with Gasteiger partial charge in [-0.2, -0.15) is 11.8 Å². The van der Waals surface area contributed by atoms with Gasteiger partial charge in [0.1, 0.15) is 5.82 Å². The van der Waals surface area contributed by atoms with E-state index in [1.165, 1.54) is 11.5 Å². The molecular weight excluding hydrogens is 228 g/mol. The lowest BCUT2D eigenvalue weighted by Crippen LogP contribution is -2.16. The minimum Gasteiger partial charge on any atom is -0.368 e. The lowest BCUT2D eigenvalue weighted by atomic mass is 10.2. The summed E-state index contributed by atoms with van der Waals surface area (Å²) in [6.07, 6.45) is 2.82. The van der Waals surface area contributed by atoms with Crippen LogP contribution < -0.4 is 5.32 Å². The molecule has 0 radical (unpaired) electrons. The Morgan fingerprint density at radius 3 is 2.93 bits per heavy atom. The zero-order valence-electron chi connectivity index (χ0n) is 9.16. The third-order valence-electron chi connectivity index (χ3n) is 2.02. The van der Waals surface area contributed by atoms with Crippen molar-refractivity contribution in [2.24, 2.45) is 0 Å². The SMILES string of the molecule is CCSCCC(C)Nc1ccc(Cl)cn1. The van der Waals surface area contributed by atoms with Gasteiger partial charge in [0.05, 0.1) is 5.02 Å². The van der Waals surface area contributed by atoms with Crippen molar-refractivity contribution >= 4 is 29.2 Å². The van der Waals surface area contributed by atoms with Crippen LogP contribution in [0.5, 0.6) is 0 Å². The van der Waals surface area contributed by atoms with Crippen molar-refractivity contribution in [1.82, 2.24) is 4.98 Å². The highest BCUT2D eigenvalue weighted by Crippen LogP contribution is 2.12. The van der Waals surface area contributed by atoms with Gasteiger partial charge in [0.25, 0.3) is 0 Å². The summed E-state index contributed by atoms with van der Waals surface area (Å²) in [5.41, 5.74) is 0. The largest absolute Gasteiger partial charge is 0.368 e. The van der Waals surface area contributed by atoms with Crippen molar-refractivity contribution in [3.63, 3.8) is 0 Å². The fraction of sp³-hybridized carbons (Fsp3) is 0.545. The van der Waals surface area contributed by atoms with Crippen molar-refractivity contribution in [3.05, 3.63) is 23.4 Å². The first-order valence-corrected chi connectivity index (χ1v) is 6.71. The average molecular weight is 245 g/mol. The minimum absolute atomic E-state index is 0.456. The summed E-state index contributed by atoms with van der Waals surface area (Å²) in [4.78, 5) is 4.20. The molecule has 1 aromatic heterocycles. The molecule has 0 aromatic carbocycles. The Morgan fingerprint density at radius 1 is 1.53 bits per heavy atom. The number of anilines is 1. The van der Waals surface area contributed by atoms with Gasteiger partial charge in [-0.25, -0.2) is 4.98 Å². The molecule has 1 aromatic rings. The molecule has 1 N–H and O–H groups in total. The van der Waals surface area contributed by atoms with Crippen LogP contribution in [0.3, 0.4) is 0 Å². The standard InChI is InChI=1S/C11H17ClN2S/c1-3-15-7-6-9(2)14-11-5-4-10(12)8-13-11/h4-5,8-9H,3,6-7H2,1-2H3,(H,13,14). The molecule has 2 nitrogen and oxygen atoms in total. The summed E-state index contributed by atoms with van der Waals surface area (Å²) in [6.45, 7) is 4.36. The van der Waals surface area contributed by atoms with E-state index >= 15 is 0 Å². The Labute approximate surface area is 101 Å². The predicted octanol–water partition coefficient (Wildman–Crippen LogP) is 3.68. The molecule has 0 saturated carbocycles. The average Bonchev–Trinajstić information content (AvgIpc) is 2.22. The highest BCUT2D eigenvalue weighted by Gasteiger charge is 2.02. The predicted molar refractivity (Wildman–Crippen MR) is 69.9 cm³/mol. The third-order valence-corrected chi connectivity index (χ3v) is 3.18. The summed E-state index contributed by atoms with van der Waals surface area (Å²) < 4.78 is 0. The summed E-state index contributed by atoms with van der Waals surface area (Å²) in [5, 5.41) is 4.02. The van der Waals surface area contributed by atoms with Crippen molar-refractivity contribution in [1.29, 1.82) is 0 Å². The van der Waals surface area contributed by atoms with Crippen molar-refractivity contribution in [2.45, 2.75) is 26.3 Å². The smallest absolute Gasteiger partial charge is 0.126 e. The highest BCUT2D eigenvalue weighted by atomic mass is 35.5. The van der Waals surface area contributed by atoms with Gasteiger partial charge in [-0.3, -0.25) is 0 Å². The van der Waals surface area contributed by atoms with Gasteiger partial charge in [0.15, 0.2) is 0 Å². The van der Waals surface area contributed by atoms with Crippen LogP contribution in [-0.2, 0) is 0 Å². The Morgan fingerprint density at radius 2 is 2.33 bits per heavy atom. The number of hydrogen-bond donors (Lipinski definition) is 1. The van der Waals surface area contributed by atoms with E-state index in [4.69, 9.17) is 11.6 Å². The number of nitrogens with one attached hydrogen (secondary N) is 1. The first-order valence-electron chi connectivity index (χ1n) is 5.18. The molecule has 0 bridgehead atoms. The quantitative estimate of drug-likeness (QED) is 0.773. The number of aromatic nitrogens is 1. The number of hydrogen-bond acceptors (Lipinski definition) is 3. The minimum atomic E-state index is 0.456. The van der Waals surface area contributed by atoms with Gasteiger partial charge in [0.2, 0.25) is 0 Å². The fourth-order valence-corrected chi connectivity index (χ4v) is 2.11. The molecule has 0 fully saturated rings. The number of rotatable bonds is 6. The van der Waals surface area contributed by atoms with Gasteiger partial charge in [0, 0.05) is 12.2 Å². The van der Waals surface area contributed by atoms with Crippen molar-refractivity contribution < 1.29 is 0 Å². The third kappa shape index (κ3) is 5.28. The van der Waals surface area contributed by atoms with Gasteiger partial charge < -0.3 is 5.32 Å². The molecular formula is C11H17ClN2S. The van der Waals surface area contributed by atoms with E-state index in [0.717, 1.165) is 12.2 Å². The Kier molecular flexibility index (Phi) is 5.88. The van der Waals surface area contributed by atoms with Gasteiger partial charge in [-0.1, -0.05) is 18.5 Å². The van der Waals surface area contributed by atoms with Crippen LogP contribution in [-0.4, -0.2) is 22.5 Å². The maximum absolute atomic E-state index is 5.76. The van der Waals surface area contributed by atoms with E-state index in [1.54, 1.807) is 6.20 Å². The van der Waals surface area contributed by atoms with Crippen LogP contribution in [0.25, 0.3) is 0 Å². The number of pyridine rings is 1. The molecule has 0 amide bonds. The normalized spacial score (nSPS) is 12.5. The van der Waals surface area contributed by atoms with Gasteiger partial charge in [-0.15, -0.1) is 0 Å². The van der Waals surface area contributed by atoms with E-state index in [1.807, 2.05) is 23.9 Å². The molecule has 0 saturated heterocycles. The molecule has 4 heteroatoms. The molecule has 15 heavy (non-hydrogen) atoms. The monoisotopic (exact) mass is 244 g/mol. The van der Waals surface area contributed by atoms with E-state index in [2.05, 4.69) is 24.1 Å². The van der Waals surface area contributed by atoms with E-state index in [0.29, 0.717) is 11.1 Å². The number of nitrogens with zero attached hydrogens (tertiary/aromatic N) is 1. The molecule has 0 spiro atoms. The van der Waals surface area contributed by atoms with E-state index in [9.17, 15) is 0 Å². The Hall–Kier alpha value is -0.410. The second-order valence-electron chi connectivity index (χ2n) is 3.39. The molecule has 0 aliphatic heterocycles. The second kappa shape index (κ2) is 6.96. The molecule has 1 unspecified atom stereocenters. The number of thioether (sulfide) groups is 1. The summed E-state index contributed by atoms with van der Waals surface area (Å²) in [7, 11) is 0. The van der Waals surface area contributed by atoms with E-state index in [-0.39, 0.29) is 0 Å². The van der Waals surface area contributed by atoms with Crippen LogP contribution in [0, 0.1) is 0 Å². The fourth-order valence-electron chi connectivity index (χ4n) is 1.19. The molecule has 0 aliphatic rings. The second-order valence-corrected chi connectivity index (χ2v) is 5.22. The highest BCUT2D eigenvalue weighted by molar-refractivity contribution is 7.99. The lowest BCUT2D eigenvalue weighted by Gasteiger charge is -2.13. The maximum Gasteiger partial charge on any atom is 0.126 e. The molecule has 1 rings (SSSR count). The topological polar surface area (TPSA) is 24.9 Å². The lowest BCUT2D eigenvalue weighted by molar-refractivity contribution is 0.766. The molecule has 1 atom stereocenters. The summed E-state index contributed by atoms with van der Waals surface area (Å²) in [6, 6.07) is 4.22. The maximum atomic E-state index is 5.76. The van der Waals surface area contributed by atoms with Gasteiger partial charge in [-0.05, 0) is 37.0 Å². The first kappa shape index (κ1) is 12.7. The summed E-state index contributed by atoms with van der Waals surface area (Å²) >= 11 is 7.72. The Balaban J connectivity index is 2.31. The van der Waals surface area contributed by atoms with Gasteiger partial charge >= 0.3 is 0 Å². The van der Waals surface area contributed by atoms with Crippen molar-refractivity contribution in [2.75, 3.05) is 16.8 Å². The zero-order valence-corrected chi connectivity index (χ0v) is 10.7. The van der Waals surface area contributed by atoms with Crippen LogP contribution in [0.2, 0.25) is 5.02 Å². The van der Waals surface area contributed by atoms with Crippen LogP contribution in [0.15, 0.2) is 18.3 Å². The molecule has 84 valence electrons. The van der Waals surface area contributed by atoms with Crippen LogP contribution >= 0.6 is 23.4 Å². The zero-order chi connectivity index (χ0) is 11.1. The van der Waals surface area contributed by atoms with Crippen LogP contribution in [0.4, 0.5) is 5.82 Å². The summed E-state index contributed by atoms with van der Waals surface area (Å²) in [5.74, 6) is 3.28. The Bertz CT molecular complexity index is 276. The molecule has 0 aliphatic carbocycles. The number of halogens is 1. The first-order chi connectivity index (χ1) is 7.22. The van der Waals surface area contributed by atoms with Crippen LogP contribution in [0.1, 0.15) is 20.3 Å². The molecule has 1 heterocycles. The van der Waals surface area contributed by atoms with Crippen molar-refractivity contribution in [3.8, 4) is 0 Å². The van der Waals surface area contributed by atoms with E-state index < -0.39 is 0 Å².